The summed E-state index contributed by atoms with van der Waals surface area (Å²) >= 11 is 0. The molecule has 0 saturated carbocycles. The summed E-state index contributed by atoms with van der Waals surface area (Å²) in [5, 5.41) is 1.09. The van der Waals surface area contributed by atoms with Crippen LogP contribution >= 0.6 is 0 Å². The number of nitrogens with zero attached hydrogens (tertiary/aromatic N) is 4. The second kappa shape index (κ2) is 6.60. The van der Waals surface area contributed by atoms with E-state index in [0.29, 0.717) is 19.2 Å². The number of hydrogen-bond donors (Lipinski definition) is 0. The molecule has 2 heterocycles. The van der Waals surface area contributed by atoms with E-state index in [1.807, 2.05) is 37.8 Å². The van der Waals surface area contributed by atoms with Crippen molar-refractivity contribution < 1.29 is 4.74 Å². The van der Waals surface area contributed by atoms with Crippen LogP contribution in [0.5, 0.6) is 5.75 Å². The van der Waals surface area contributed by atoms with Gasteiger partial charge in [-0.05, 0) is 26.8 Å². The molecule has 2 aromatic rings. The predicted molar refractivity (Wildman–Crippen MR) is 93.9 cm³/mol. The largest absolute Gasteiger partial charge is 0.470 e. The summed E-state index contributed by atoms with van der Waals surface area (Å²) in [6.07, 6.45) is 5.36. The van der Waals surface area contributed by atoms with E-state index < -0.39 is 0 Å². The average Bonchev–Trinajstić information content (AvgIpc) is 2.58. The topological polar surface area (TPSA) is 50.1 Å². The molecule has 0 saturated heterocycles. The smallest absolute Gasteiger partial charge is 0.227 e. The molecule has 0 amide bonds. The fraction of sp³-hybridized carbons (Fsp3) is 0.278. The fourth-order valence-corrected chi connectivity index (χ4v) is 2.56. The van der Waals surface area contributed by atoms with Gasteiger partial charge in [0.15, 0.2) is 12.5 Å². The number of fused-ring (bicyclic) bond motifs is 3. The molecule has 1 aromatic carbocycles. The molecular formula is C18H20N4O. The number of hydrogen-bond acceptors (Lipinski definition) is 3. The van der Waals surface area contributed by atoms with Crippen molar-refractivity contribution in [3.8, 4) is 5.75 Å². The molecule has 1 aliphatic heterocycles. The highest BCUT2D eigenvalue weighted by Crippen LogP contribution is 2.32. The lowest BCUT2D eigenvalue weighted by Crippen LogP contribution is -2.36. The van der Waals surface area contributed by atoms with Gasteiger partial charge in [-0.25, -0.2) is 15.0 Å². The van der Waals surface area contributed by atoms with Gasteiger partial charge in [-0.15, -0.1) is 0 Å². The predicted octanol–water partition coefficient (Wildman–Crippen LogP) is 3.68. The quantitative estimate of drug-likeness (QED) is 0.596. The first-order chi connectivity index (χ1) is 11.2. The molecule has 1 aliphatic rings. The maximum Gasteiger partial charge on any atom is 0.227 e. The summed E-state index contributed by atoms with van der Waals surface area (Å²) < 4.78 is 6.00. The second-order valence-electron chi connectivity index (χ2n) is 5.35. The molecule has 0 radical (unpaired) electrons. The zero-order valence-corrected chi connectivity index (χ0v) is 13.7. The Morgan fingerprint density at radius 1 is 1.26 bits per heavy atom. The van der Waals surface area contributed by atoms with E-state index in [1.165, 1.54) is 0 Å². The standard InChI is InChI=1S/C18H20N4O/c1-4-10-20-18(19-5-2)22-11-15-9-8-14-7-6-13(3)21-16(14)17(15)23-12-22/h4-10H,11-12H2,1-3H3/b10-4+,19-5?,20-18?. The molecule has 0 N–H and O–H groups in total. The van der Waals surface area contributed by atoms with Crippen LogP contribution < -0.4 is 4.74 Å². The van der Waals surface area contributed by atoms with E-state index in [9.17, 15) is 0 Å². The lowest BCUT2D eigenvalue weighted by molar-refractivity contribution is 0.160. The molecule has 0 aliphatic carbocycles. The van der Waals surface area contributed by atoms with Crippen molar-refractivity contribution in [1.29, 1.82) is 0 Å². The van der Waals surface area contributed by atoms with E-state index in [0.717, 1.165) is 27.9 Å². The molecule has 23 heavy (non-hydrogen) atoms. The molecule has 0 atom stereocenters. The first-order valence-corrected chi connectivity index (χ1v) is 7.67. The van der Waals surface area contributed by atoms with Gasteiger partial charge in [0.2, 0.25) is 5.96 Å². The Hall–Kier alpha value is -2.69. The number of benzene rings is 1. The van der Waals surface area contributed by atoms with Crippen LogP contribution in [0.2, 0.25) is 0 Å². The second-order valence-corrected chi connectivity index (χ2v) is 5.35. The summed E-state index contributed by atoms with van der Waals surface area (Å²) in [4.78, 5) is 15.3. The minimum atomic E-state index is 0.412. The van der Waals surface area contributed by atoms with Gasteiger partial charge in [0.1, 0.15) is 5.52 Å². The Balaban J connectivity index is 1.97. The summed E-state index contributed by atoms with van der Waals surface area (Å²) in [5.41, 5.74) is 3.01. The summed E-state index contributed by atoms with van der Waals surface area (Å²) in [7, 11) is 0. The molecule has 5 nitrogen and oxygen atoms in total. The molecule has 118 valence electrons. The van der Waals surface area contributed by atoms with Gasteiger partial charge in [-0.2, -0.15) is 0 Å². The van der Waals surface area contributed by atoms with Crippen LogP contribution in [-0.4, -0.2) is 28.8 Å². The molecule has 0 unspecified atom stereocenters. The number of guanidine groups is 1. The Morgan fingerprint density at radius 2 is 2.09 bits per heavy atom. The Labute approximate surface area is 136 Å². The Kier molecular flexibility index (Phi) is 4.37. The Bertz CT molecular complexity index is 808. The maximum atomic E-state index is 6.00. The number of allylic oxidation sites excluding steroid dienone is 1. The van der Waals surface area contributed by atoms with Gasteiger partial charge >= 0.3 is 0 Å². The molecule has 3 rings (SSSR count). The van der Waals surface area contributed by atoms with Crippen molar-refractivity contribution in [2.75, 3.05) is 6.73 Å². The van der Waals surface area contributed by atoms with Crippen LogP contribution in [0.25, 0.3) is 10.9 Å². The molecular weight excluding hydrogens is 288 g/mol. The van der Waals surface area contributed by atoms with Crippen LogP contribution in [-0.2, 0) is 6.54 Å². The SMILES string of the molecule is CC=NC(=N/C=C/C)N1COc2c(ccc3ccc(C)nc23)C1. The normalized spacial score (nSPS) is 15.4. The minimum absolute atomic E-state index is 0.412. The lowest BCUT2D eigenvalue weighted by Gasteiger charge is -2.30. The minimum Gasteiger partial charge on any atom is -0.470 e. The third-order valence-electron chi connectivity index (χ3n) is 3.63. The van der Waals surface area contributed by atoms with Gasteiger partial charge in [0.25, 0.3) is 0 Å². The number of aliphatic imine (C=N–C) groups is 2. The van der Waals surface area contributed by atoms with Crippen molar-refractivity contribution in [1.82, 2.24) is 9.88 Å². The van der Waals surface area contributed by atoms with E-state index >= 15 is 0 Å². The highest BCUT2D eigenvalue weighted by Gasteiger charge is 2.22. The number of ether oxygens (including phenoxy) is 1. The van der Waals surface area contributed by atoms with Crippen molar-refractivity contribution in [3.63, 3.8) is 0 Å². The van der Waals surface area contributed by atoms with Crippen LogP contribution in [0.3, 0.4) is 0 Å². The number of aryl methyl sites for hydroxylation is 1. The fourth-order valence-electron chi connectivity index (χ4n) is 2.56. The van der Waals surface area contributed by atoms with E-state index in [4.69, 9.17) is 4.74 Å². The molecule has 0 spiro atoms. The highest BCUT2D eigenvalue weighted by molar-refractivity contribution is 5.89. The number of rotatable bonds is 1. The van der Waals surface area contributed by atoms with E-state index in [-0.39, 0.29) is 0 Å². The van der Waals surface area contributed by atoms with E-state index in [2.05, 4.69) is 33.2 Å². The van der Waals surface area contributed by atoms with Crippen LogP contribution in [0.1, 0.15) is 25.1 Å². The van der Waals surface area contributed by atoms with Gasteiger partial charge in [-0.1, -0.05) is 24.3 Å². The number of aromatic nitrogens is 1. The molecule has 0 bridgehead atoms. The zero-order valence-electron chi connectivity index (χ0n) is 13.7. The van der Waals surface area contributed by atoms with Crippen LogP contribution in [0, 0.1) is 6.92 Å². The zero-order chi connectivity index (χ0) is 16.2. The van der Waals surface area contributed by atoms with Gasteiger partial charge in [0.05, 0.1) is 6.54 Å². The van der Waals surface area contributed by atoms with Gasteiger partial charge in [-0.3, -0.25) is 0 Å². The Morgan fingerprint density at radius 3 is 2.87 bits per heavy atom. The third kappa shape index (κ3) is 3.08. The van der Waals surface area contributed by atoms with Crippen LogP contribution in [0.4, 0.5) is 0 Å². The number of pyridine rings is 1. The first-order valence-electron chi connectivity index (χ1n) is 7.67. The van der Waals surface area contributed by atoms with Gasteiger partial charge in [0, 0.05) is 29.1 Å². The summed E-state index contributed by atoms with van der Waals surface area (Å²) in [6.45, 7) is 6.92. The van der Waals surface area contributed by atoms with Crippen molar-refractivity contribution >= 4 is 23.1 Å². The highest BCUT2D eigenvalue weighted by atomic mass is 16.5. The van der Waals surface area contributed by atoms with Crippen molar-refractivity contribution in [2.24, 2.45) is 9.98 Å². The first kappa shape index (κ1) is 15.2. The molecule has 0 fully saturated rings. The van der Waals surface area contributed by atoms with Crippen molar-refractivity contribution in [3.05, 3.63) is 47.8 Å². The third-order valence-corrected chi connectivity index (χ3v) is 3.63. The molecule has 1 aromatic heterocycles. The summed E-state index contributed by atoms with van der Waals surface area (Å²) in [6, 6.07) is 8.26. The monoisotopic (exact) mass is 308 g/mol. The van der Waals surface area contributed by atoms with Crippen molar-refractivity contribution in [2.45, 2.75) is 27.3 Å². The maximum absolute atomic E-state index is 6.00. The average molecular weight is 308 g/mol. The van der Waals surface area contributed by atoms with Gasteiger partial charge < -0.3 is 9.64 Å². The van der Waals surface area contributed by atoms with E-state index in [1.54, 1.807) is 12.4 Å². The lowest BCUT2D eigenvalue weighted by atomic mass is 10.1. The molecule has 5 heteroatoms. The summed E-state index contributed by atoms with van der Waals surface area (Å²) in [5.74, 6) is 1.52. The van der Waals surface area contributed by atoms with Crippen LogP contribution in [0.15, 0.2) is 46.5 Å².